The van der Waals surface area contributed by atoms with Gasteiger partial charge in [-0.3, -0.25) is 0 Å². The number of halogens is 2. The fraction of sp³-hybridized carbons (Fsp3) is 0.385. The van der Waals surface area contributed by atoms with Crippen LogP contribution in [0.25, 0.3) is 0 Å². The van der Waals surface area contributed by atoms with Gasteiger partial charge in [0, 0.05) is 6.07 Å². The Balaban J connectivity index is 2.75. The predicted octanol–water partition coefficient (Wildman–Crippen LogP) is 2.59. The van der Waals surface area contributed by atoms with E-state index < -0.39 is 29.7 Å². The largest absolute Gasteiger partial charge is 0.480 e. The van der Waals surface area contributed by atoms with Crippen LogP contribution in [0.15, 0.2) is 18.2 Å². The van der Waals surface area contributed by atoms with E-state index in [0.717, 1.165) is 18.2 Å². The molecule has 0 bridgehead atoms. The lowest BCUT2D eigenvalue weighted by Crippen LogP contribution is -2.46. The summed E-state index contributed by atoms with van der Waals surface area (Å²) in [5.41, 5.74) is -0.351. The number of carbonyl (C=O) groups is 2. The van der Waals surface area contributed by atoms with Crippen LogP contribution < -0.4 is 10.6 Å². The summed E-state index contributed by atoms with van der Waals surface area (Å²) in [6.45, 7) is 3.45. The second-order valence-electron chi connectivity index (χ2n) is 4.42. The molecule has 0 saturated carbocycles. The smallest absolute Gasteiger partial charge is 0.326 e. The molecule has 0 spiro atoms. The van der Waals surface area contributed by atoms with Crippen LogP contribution in [-0.2, 0) is 4.79 Å². The summed E-state index contributed by atoms with van der Waals surface area (Å²) in [5, 5.41) is 13.3. The standard InChI is InChI=1S/C13H16F2N2O3/c1-3-7(2)11(12(18)19)17-13(20)16-10-6-8(14)4-5-9(10)15/h4-7,11H,3H2,1-2H3,(H,18,19)(H2,16,17,20). The Morgan fingerprint density at radius 1 is 1.35 bits per heavy atom. The third-order valence-corrected chi connectivity index (χ3v) is 2.94. The van der Waals surface area contributed by atoms with E-state index in [0.29, 0.717) is 6.42 Å². The summed E-state index contributed by atoms with van der Waals surface area (Å²) in [5.74, 6) is -3.00. The number of carboxylic acids is 1. The average molecular weight is 286 g/mol. The summed E-state index contributed by atoms with van der Waals surface area (Å²) in [7, 11) is 0. The van der Waals surface area contributed by atoms with Crippen LogP contribution in [0.5, 0.6) is 0 Å². The summed E-state index contributed by atoms with van der Waals surface area (Å²) in [6, 6.07) is 0.596. The molecular weight excluding hydrogens is 270 g/mol. The highest BCUT2D eigenvalue weighted by Gasteiger charge is 2.25. The number of hydrogen-bond donors (Lipinski definition) is 3. The molecular formula is C13H16F2N2O3. The molecule has 0 aromatic heterocycles. The number of hydrogen-bond acceptors (Lipinski definition) is 2. The van der Waals surface area contributed by atoms with Crippen LogP contribution in [0.2, 0.25) is 0 Å². The van der Waals surface area contributed by atoms with Gasteiger partial charge in [-0.25, -0.2) is 18.4 Å². The van der Waals surface area contributed by atoms with E-state index in [4.69, 9.17) is 5.11 Å². The molecule has 20 heavy (non-hydrogen) atoms. The molecule has 1 aromatic carbocycles. The van der Waals surface area contributed by atoms with Crippen LogP contribution >= 0.6 is 0 Å². The molecule has 0 aliphatic heterocycles. The molecule has 5 nitrogen and oxygen atoms in total. The van der Waals surface area contributed by atoms with Crippen molar-refractivity contribution in [1.82, 2.24) is 5.32 Å². The van der Waals surface area contributed by atoms with Crippen molar-refractivity contribution in [3.63, 3.8) is 0 Å². The van der Waals surface area contributed by atoms with Crippen molar-refractivity contribution in [3.8, 4) is 0 Å². The second kappa shape index (κ2) is 6.83. The summed E-state index contributed by atoms with van der Waals surface area (Å²) in [6.07, 6.45) is 0.547. The van der Waals surface area contributed by atoms with E-state index in [1.54, 1.807) is 13.8 Å². The molecule has 110 valence electrons. The zero-order chi connectivity index (χ0) is 15.3. The first-order valence-corrected chi connectivity index (χ1v) is 6.10. The van der Waals surface area contributed by atoms with E-state index in [1.165, 1.54) is 0 Å². The van der Waals surface area contributed by atoms with Gasteiger partial charge in [0.25, 0.3) is 0 Å². The molecule has 1 rings (SSSR count). The van der Waals surface area contributed by atoms with Crippen LogP contribution in [0, 0.1) is 17.6 Å². The van der Waals surface area contributed by atoms with E-state index in [-0.39, 0.29) is 11.6 Å². The number of rotatable bonds is 5. The maximum absolute atomic E-state index is 13.3. The minimum absolute atomic E-state index is 0.296. The van der Waals surface area contributed by atoms with Gasteiger partial charge in [0.05, 0.1) is 5.69 Å². The Morgan fingerprint density at radius 2 is 2.00 bits per heavy atom. The lowest BCUT2D eigenvalue weighted by atomic mass is 9.99. The third-order valence-electron chi connectivity index (χ3n) is 2.94. The minimum atomic E-state index is -1.19. The maximum Gasteiger partial charge on any atom is 0.326 e. The monoisotopic (exact) mass is 286 g/mol. The highest BCUT2D eigenvalue weighted by Crippen LogP contribution is 2.15. The van der Waals surface area contributed by atoms with Crippen molar-refractivity contribution in [1.29, 1.82) is 0 Å². The molecule has 0 radical (unpaired) electrons. The first-order chi connectivity index (χ1) is 9.35. The number of carboxylic acid groups (broad SMARTS) is 1. The van der Waals surface area contributed by atoms with Gasteiger partial charge in [-0.15, -0.1) is 0 Å². The number of urea groups is 1. The maximum atomic E-state index is 13.3. The van der Waals surface area contributed by atoms with Gasteiger partial charge in [0.15, 0.2) is 0 Å². The molecule has 0 aliphatic rings. The zero-order valence-electron chi connectivity index (χ0n) is 11.1. The number of amides is 2. The van der Waals surface area contributed by atoms with Crippen LogP contribution in [-0.4, -0.2) is 23.1 Å². The van der Waals surface area contributed by atoms with Crippen molar-refractivity contribution in [2.24, 2.45) is 5.92 Å². The summed E-state index contributed by atoms with van der Waals surface area (Å²) >= 11 is 0. The lowest BCUT2D eigenvalue weighted by Gasteiger charge is -2.20. The van der Waals surface area contributed by atoms with E-state index in [9.17, 15) is 18.4 Å². The van der Waals surface area contributed by atoms with E-state index >= 15 is 0 Å². The van der Waals surface area contributed by atoms with E-state index in [2.05, 4.69) is 10.6 Å². The summed E-state index contributed by atoms with van der Waals surface area (Å²) in [4.78, 5) is 22.7. The van der Waals surface area contributed by atoms with Gasteiger partial charge < -0.3 is 15.7 Å². The molecule has 2 unspecified atom stereocenters. The minimum Gasteiger partial charge on any atom is -0.480 e. The Labute approximate surface area is 115 Å². The van der Waals surface area contributed by atoms with Gasteiger partial charge in [-0.2, -0.15) is 0 Å². The SMILES string of the molecule is CCC(C)C(NC(=O)Nc1cc(F)ccc1F)C(=O)O. The lowest BCUT2D eigenvalue weighted by molar-refractivity contribution is -0.140. The first-order valence-electron chi connectivity index (χ1n) is 6.10. The second-order valence-corrected chi connectivity index (χ2v) is 4.42. The van der Waals surface area contributed by atoms with Crippen molar-refractivity contribution < 1.29 is 23.5 Å². The molecule has 0 aliphatic carbocycles. The van der Waals surface area contributed by atoms with Gasteiger partial charge in [-0.1, -0.05) is 20.3 Å². The molecule has 0 heterocycles. The Bertz CT molecular complexity index is 508. The Hall–Kier alpha value is -2.18. The van der Waals surface area contributed by atoms with Gasteiger partial charge in [-0.05, 0) is 18.1 Å². The number of carbonyl (C=O) groups excluding carboxylic acids is 1. The number of aliphatic carboxylic acids is 1. The predicted molar refractivity (Wildman–Crippen MR) is 69.4 cm³/mol. The zero-order valence-corrected chi connectivity index (χ0v) is 11.1. The fourth-order valence-corrected chi connectivity index (χ4v) is 1.58. The van der Waals surface area contributed by atoms with Gasteiger partial charge in [0.1, 0.15) is 17.7 Å². The highest BCUT2D eigenvalue weighted by atomic mass is 19.1. The quantitative estimate of drug-likeness (QED) is 0.778. The normalized spacial score (nSPS) is 13.4. The third kappa shape index (κ3) is 4.18. The Kier molecular flexibility index (Phi) is 5.42. The highest BCUT2D eigenvalue weighted by molar-refractivity contribution is 5.92. The molecule has 0 fully saturated rings. The van der Waals surface area contributed by atoms with Crippen molar-refractivity contribution >= 4 is 17.7 Å². The number of nitrogens with one attached hydrogen (secondary N) is 2. The van der Waals surface area contributed by atoms with Crippen LogP contribution in [0.1, 0.15) is 20.3 Å². The average Bonchev–Trinajstić information content (AvgIpc) is 2.39. The molecule has 2 amide bonds. The van der Waals surface area contributed by atoms with E-state index in [1.807, 2.05) is 0 Å². The molecule has 1 aromatic rings. The Morgan fingerprint density at radius 3 is 2.55 bits per heavy atom. The molecule has 7 heteroatoms. The summed E-state index contributed by atoms with van der Waals surface area (Å²) < 4.78 is 26.3. The number of anilines is 1. The van der Waals surface area contributed by atoms with Crippen molar-refractivity contribution in [2.45, 2.75) is 26.3 Å². The first kappa shape index (κ1) is 15.9. The van der Waals surface area contributed by atoms with Crippen molar-refractivity contribution in [2.75, 3.05) is 5.32 Å². The van der Waals surface area contributed by atoms with Crippen LogP contribution in [0.3, 0.4) is 0 Å². The van der Waals surface area contributed by atoms with Crippen molar-refractivity contribution in [3.05, 3.63) is 29.8 Å². The topological polar surface area (TPSA) is 78.4 Å². The fourth-order valence-electron chi connectivity index (χ4n) is 1.58. The molecule has 0 saturated heterocycles. The molecule has 3 N–H and O–H groups in total. The number of benzene rings is 1. The van der Waals surface area contributed by atoms with Gasteiger partial charge >= 0.3 is 12.0 Å². The molecule has 2 atom stereocenters. The van der Waals surface area contributed by atoms with Gasteiger partial charge in [0.2, 0.25) is 0 Å². The van der Waals surface area contributed by atoms with Crippen LogP contribution in [0.4, 0.5) is 19.3 Å².